The van der Waals surface area contributed by atoms with Gasteiger partial charge in [-0.25, -0.2) is 0 Å². The molecular formula is C10H19NO2S. The highest BCUT2D eigenvalue weighted by Gasteiger charge is 2.20. The van der Waals surface area contributed by atoms with Gasteiger partial charge in [-0.15, -0.1) is 0 Å². The van der Waals surface area contributed by atoms with Gasteiger partial charge in [-0.3, -0.25) is 4.79 Å². The second-order valence-corrected chi connectivity index (χ2v) is 4.83. The molecule has 0 spiro atoms. The minimum atomic E-state index is -0.0997. The maximum Gasteiger partial charge on any atom is 0.306 e. The molecule has 4 heteroatoms. The first-order chi connectivity index (χ1) is 6.74. The Morgan fingerprint density at radius 1 is 1.64 bits per heavy atom. The summed E-state index contributed by atoms with van der Waals surface area (Å²) in [5, 5.41) is 0. The third-order valence-corrected chi connectivity index (χ3v) is 3.77. The molecular weight excluding hydrogens is 198 g/mol. The Hall–Kier alpha value is -0.220. The summed E-state index contributed by atoms with van der Waals surface area (Å²) in [5.41, 5.74) is 0. The fourth-order valence-corrected chi connectivity index (χ4v) is 2.84. The highest BCUT2D eigenvalue weighted by atomic mass is 32.2. The van der Waals surface area contributed by atoms with Crippen molar-refractivity contribution in [3.05, 3.63) is 0 Å². The summed E-state index contributed by atoms with van der Waals surface area (Å²) in [7, 11) is 3.62. The molecule has 1 saturated heterocycles. The van der Waals surface area contributed by atoms with E-state index in [1.807, 2.05) is 11.8 Å². The van der Waals surface area contributed by atoms with E-state index in [9.17, 15) is 4.79 Å². The van der Waals surface area contributed by atoms with E-state index < -0.39 is 0 Å². The third kappa shape index (κ3) is 3.88. The molecule has 0 amide bonds. The summed E-state index contributed by atoms with van der Waals surface area (Å²) in [6.07, 6.45) is 3.16. The van der Waals surface area contributed by atoms with Crippen molar-refractivity contribution in [3.63, 3.8) is 0 Å². The molecule has 0 aromatic heterocycles. The number of likely N-dealkylation sites (tertiary alicyclic amines) is 1. The van der Waals surface area contributed by atoms with Crippen LogP contribution >= 0.6 is 11.8 Å². The van der Waals surface area contributed by atoms with Crippen molar-refractivity contribution in [3.8, 4) is 0 Å². The molecule has 1 heterocycles. The first-order valence-corrected chi connectivity index (χ1v) is 6.24. The number of esters is 1. The van der Waals surface area contributed by atoms with Crippen molar-refractivity contribution in [1.82, 2.24) is 4.90 Å². The van der Waals surface area contributed by atoms with E-state index in [-0.39, 0.29) is 5.97 Å². The lowest BCUT2D eigenvalue weighted by Gasteiger charge is -2.18. The monoisotopic (exact) mass is 217 g/mol. The van der Waals surface area contributed by atoms with Gasteiger partial charge >= 0.3 is 5.97 Å². The number of ether oxygens (including phenoxy) is 1. The molecule has 0 radical (unpaired) electrons. The number of hydrogen-bond acceptors (Lipinski definition) is 4. The Morgan fingerprint density at radius 3 is 3.00 bits per heavy atom. The number of hydrogen-bond donors (Lipinski definition) is 0. The predicted octanol–water partition coefficient (Wildman–Crippen LogP) is 1.38. The average molecular weight is 217 g/mol. The summed E-state index contributed by atoms with van der Waals surface area (Å²) in [6, 6.07) is 0.720. The van der Waals surface area contributed by atoms with Crippen LogP contribution in [0, 0.1) is 0 Å². The summed E-state index contributed by atoms with van der Waals surface area (Å²) in [4.78, 5) is 13.2. The van der Waals surface area contributed by atoms with E-state index >= 15 is 0 Å². The van der Waals surface area contributed by atoms with Crippen LogP contribution in [-0.2, 0) is 9.53 Å². The standard InChI is InChI=1S/C10H19NO2S/c1-11-6-3-4-9(11)8-14-7-5-10(12)13-2/h9H,3-8H2,1-2H3/t9-/m0/s1. The van der Waals surface area contributed by atoms with Gasteiger partial charge in [0.05, 0.1) is 13.5 Å². The van der Waals surface area contributed by atoms with Gasteiger partial charge in [0.2, 0.25) is 0 Å². The Morgan fingerprint density at radius 2 is 2.43 bits per heavy atom. The number of carbonyl (C=O) groups is 1. The predicted molar refractivity (Wildman–Crippen MR) is 59.6 cm³/mol. The van der Waals surface area contributed by atoms with Crippen molar-refractivity contribution in [1.29, 1.82) is 0 Å². The van der Waals surface area contributed by atoms with E-state index in [1.165, 1.54) is 26.5 Å². The van der Waals surface area contributed by atoms with Gasteiger partial charge in [0.25, 0.3) is 0 Å². The van der Waals surface area contributed by atoms with Gasteiger partial charge in [-0.05, 0) is 26.4 Å². The fourth-order valence-electron chi connectivity index (χ4n) is 1.67. The zero-order valence-corrected chi connectivity index (χ0v) is 9.81. The van der Waals surface area contributed by atoms with Crippen LogP contribution in [-0.4, -0.2) is 49.1 Å². The first kappa shape index (κ1) is 11.9. The molecule has 0 aliphatic carbocycles. The van der Waals surface area contributed by atoms with E-state index in [1.54, 1.807) is 0 Å². The second kappa shape index (κ2) is 6.30. The number of rotatable bonds is 5. The topological polar surface area (TPSA) is 29.5 Å². The van der Waals surface area contributed by atoms with Crippen LogP contribution in [0.5, 0.6) is 0 Å². The molecule has 1 fully saturated rings. The molecule has 1 aliphatic heterocycles. The molecule has 14 heavy (non-hydrogen) atoms. The smallest absolute Gasteiger partial charge is 0.306 e. The molecule has 0 N–H and O–H groups in total. The van der Waals surface area contributed by atoms with Crippen molar-refractivity contribution in [2.75, 3.05) is 32.2 Å². The summed E-state index contributed by atoms with van der Waals surface area (Å²) < 4.78 is 4.58. The van der Waals surface area contributed by atoms with Gasteiger partial charge in [0.15, 0.2) is 0 Å². The number of carbonyl (C=O) groups excluding carboxylic acids is 1. The number of thioether (sulfide) groups is 1. The van der Waals surface area contributed by atoms with Crippen LogP contribution in [0.15, 0.2) is 0 Å². The van der Waals surface area contributed by atoms with Crippen LogP contribution in [0.3, 0.4) is 0 Å². The van der Waals surface area contributed by atoms with Gasteiger partial charge in [-0.1, -0.05) is 0 Å². The molecule has 0 unspecified atom stereocenters. The first-order valence-electron chi connectivity index (χ1n) is 5.09. The molecule has 1 rings (SSSR count). The van der Waals surface area contributed by atoms with Crippen molar-refractivity contribution >= 4 is 17.7 Å². The normalized spacial score (nSPS) is 22.6. The van der Waals surface area contributed by atoms with Gasteiger partial charge < -0.3 is 9.64 Å². The van der Waals surface area contributed by atoms with Gasteiger partial charge in [0, 0.05) is 17.5 Å². The largest absolute Gasteiger partial charge is 0.469 e. The number of methoxy groups -OCH3 is 1. The van der Waals surface area contributed by atoms with Gasteiger partial charge in [0.1, 0.15) is 0 Å². The molecule has 0 aromatic rings. The molecule has 82 valence electrons. The van der Waals surface area contributed by atoms with E-state index in [2.05, 4.69) is 16.7 Å². The zero-order valence-electron chi connectivity index (χ0n) is 8.99. The molecule has 0 saturated carbocycles. The quantitative estimate of drug-likeness (QED) is 0.514. The summed E-state index contributed by atoms with van der Waals surface area (Å²) in [6.45, 7) is 1.22. The maximum atomic E-state index is 10.8. The van der Waals surface area contributed by atoms with Crippen molar-refractivity contribution in [2.24, 2.45) is 0 Å². The van der Waals surface area contributed by atoms with Crippen LogP contribution in [0.2, 0.25) is 0 Å². The van der Waals surface area contributed by atoms with Crippen LogP contribution in [0.4, 0.5) is 0 Å². The van der Waals surface area contributed by atoms with Crippen LogP contribution in [0.25, 0.3) is 0 Å². The van der Waals surface area contributed by atoms with E-state index in [0.29, 0.717) is 6.42 Å². The Bertz CT molecular complexity index is 187. The van der Waals surface area contributed by atoms with E-state index in [0.717, 1.165) is 17.5 Å². The van der Waals surface area contributed by atoms with Crippen molar-refractivity contribution < 1.29 is 9.53 Å². The lowest BCUT2D eigenvalue weighted by Crippen LogP contribution is -2.27. The Kier molecular flexibility index (Phi) is 5.33. The minimum absolute atomic E-state index is 0.0997. The lowest BCUT2D eigenvalue weighted by atomic mass is 10.2. The number of nitrogens with zero attached hydrogens (tertiary/aromatic N) is 1. The zero-order chi connectivity index (χ0) is 10.4. The maximum absolute atomic E-state index is 10.8. The molecule has 1 atom stereocenters. The molecule has 1 aliphatic rings. The Labute approximate surface area is 90.2 Å². The summed E-state index contributed by atoms with van der Waals surface area (Å²) in [5.74, 6) is 1.93. The van der Waals surface area contributed by atoms with Crippen LogP contribution in [0.1, 0.15) is 19.3 Å². The van der Waals surface area contributed by atoms with E-state index in [4.69, 9.17) is 0 Å². The minimum Gasteiger partial charge on any atom is -0.469 e. The Balaban J connectivity index is 2.01. The fraction of sp³-hybridized carbons (Fsp3) is 0.900. The SMILES string of the molecule is COC(=O)CCSC[C@@H]1CCCN1C. The van der Waals surface area contributed by atoms with Crippen molar-refractivity contribution in [2.45, 2.75) is 25.3 Å². The average Bonchev–Trinajstić information content (AvgIpc) is 2.58. The second-order valence-electron chi connectivity index (χ2n) is 3.68. The molecule has 0 aromatic carbocycles. The van der Waals surface area contributed by atoms with Gasteiger partial charge in [-0.2, -0.15) is 11.8 Å². The highest BCUT2D eigenvalue weighted by Crippen LogP contribution is 2.19. The summed E-state index contributed by atoms with van der Waals surface area (Å²) >= 11 is 1.86. The third-order valence-electron chi connectivity index (χ3n) is 2.66. The molecule has 3 nitrogen and oxygen atoms in total. The highest BCUT2D eigenvalue weighted by molar-refractivity contribution is 7.99. The lowest BCUT2D eigenvalue weighted by molar-refractivity contribution is -0.140. The van der Waals surface area contributed by atoms with Crippen LogP contribution < -0.4 is 0 Å². The molecule has 0 bridgehead atoms.